The third-order valence-electron chi connectivity index (χ3n) is 1.53. The van der Waals surface area contributed by atoms with Crippen LogP contribution in [0.4, 0.5) is 0 Å². The predicted octanol–water partition coefficient (Wildman–Crippen LogP) is 2.25. The lowest BCUT2D eigenvalue weighted by atomic mass is 10.2. The van der Waals surface area contributed by atoms with E-state index in [1.54, 1.807) is 12.1 Å². The molecule has 2 nitrogen and oxygen atoms in total. The second kappa shape index (κ2) is 2.23. The molecule has 0 amide bonds. The molecule has 0 bridgehead atoms. The lowest BCUT2D eigenvalue weighted by Crippen LogP contribution is -1.65. The molecule has 0 fully saturated rings. The van der Waals surface area contributed by atoms with Gasteiger partial charge in [-0.3, -0.25) is 4.79 Å². The van der Waals surface area contributed by atoms with Gasteiger partial charge in [0.1, 0.15) is 6.95 Å². The van der Waals surface area contributed by atoms with Crippen LogP contribution in [-0.2, 0) is 0 Å². The van der Waals surface area contributed by atoms with Crippen LogP contribution in [-0.4, -0.2) is 6.26 Å². The zero-order valence-corrected chi connectivity index (χ0v) is 5.70. The molecule has 0 aliphatic carbocycles. The average Bonchev–Trinajstić information content (AvgIpc) is 2.46. The molecule has 0 N–H and O–H groups in total. The van der Waals surface area contributed by atoms with E-state index in [0.29, 0.717) is 5.58 Å². The van der Waals surface area contributed by atoms with Crippen molar-refractivity contribution in [3.05, 3.63) is 36.1 Å². The van der Waals surface area contributed by atoms with Gasteiger partial charge in [-0.2, -0.15) is 0 Å². The van der Waals surface area contributed by atoms with Gasteiger partial charge in [-0.1, -0.05) is 18.2 Å². The van der Waals surface area contributed by atoms with Crippen LogP contribution in [0, 0.1) is 0 Å². The highest BCUT2D eigenvalue weighted by Crippen LogP contribution is 2.16. The minimum Gasteiger partial charge on any atom is -0.453 e. The first kappa shape index (κ1) is 5.13. The van der Waals surface area contributed by atoms with Crippen molar-refractivity contribution in [2.24, 2.45) is 0 Å². The highest BCUT2D eigenvalue weighted by Gasteiger charge is 1.99. The summed E-state index contributed by atoms with van der Waals surface area (Å²) in [6, 6.07) is 8.86. The molecule has 0 aliphatic heterocycles. The maximum Gasteiger partial charge on any atom is 0.185 e. The Bertz CT molecular complexity index is 398. The minimum atomic E-state index is -0.786. The highest BCUT2D eigenvalue weighted by molar-refractivity contribution is 5.84. The van der Waals surface area contributed by atoms with Crippen molar-refractivity contribution in [3.63, 3.8) is 0 Å². The van der Waals surface area contributed by atoms with Crippen LogP contribution >= 0.6 is 0 Å². The summed E-state index contributed by atoms with van der Waals surface area (Å²) >= 11 is 0. The van der Waals surface area contributed by atoms with Crippen LogP contribution < -0.4 is 0 Å². The normalized spacial score (nSPS) is 11.5. The fourth-order valence-corrected chi connectivity index (χ4v) is 1.03. The lowest BCUT2D eigenvalue weighted by Gasteiger charge is -1.81. The number of furan rings is 1. The number of hydrogen-bond acceptors (Lipinski definition) is 2. The van der Waals surface area contributed by atoms with Crippen molar-refractivity contribution in [3.8, 4) is 0 Å². The SMILES string of the molecule is [2H]C(=O)c1cc2ccccc2o1. The second-order valence-corrected chi connectivity index (χ2v) is 2.25. The quantitative estimate of drug-likeness (QED) is 0.579. The number of fused-ring (bicyclic) bond motifs is 1. The van der Waals surface area contributed by atoms with Gasteiger partial charge in [0, 0.05) is 5.39 Å². The van der Waals surface area contributed by atoms with Gasteiger partial charge in [-0.05, 0) is 12.1 Å². The fraction of sp³-hybridized carbons (Fsp3) is 0. The molecule has 1 aromatic heterocycles. The summed E-state index contributed by atoms with van der Waals surface area (Å²) in [7, 11) is 0. The van der Waals surface area contributed by atoms with Crippen LogP contribution in [0.2, 0.25) is 0 Å². The van der Waals surface area contributed by atoms with E-state index >= 15 is 0 Å². The summed E-state index contributed by atoms with van der Waals surface area (Å²) < 4.78 is 11.9. The Kier molecular flexibility index (Phi) is 1.04. The standard InChI is InChI=1S/C9H6O2/c10-6-8-5-7-3-1-2-4-9(7)11-8/h1-6H/i6D. The van der Waals surface area contributed by atoms with Crippen LogP contribution in [0.1, 0.15) is 11.9 Å². The van der Waals surface area contributed by atoms with Gasteiger partial charge >= 0.3 is 0 Å². The van der Waals surface area contributed by atoms with Crippen molar-refractivity contribution in [1.29, 1.82) is 0 Å². The van der Waals surface area contributed by atoms with Crippen molar-refractivity contribution in [1.82, 2.24) is 0 Å². The van der Waals surface area contributed by atoms with Gasteiger partial charge in [0.2, 0.25) is 0 Å². The third-order valence-corrected chi connectivity index (χ3v) is 1.53. The molecule has 0 aliphatic rings. The first-order chi connectivity index (χ1) is 5.77. The summed E-state index contributed by atoms with van der Waals surface area (Å²) in [5.41, 5.74) is 0.646. The van der Waals surface area contributed by atoms with Crippen LogP contribution in [0.25, 0.3) is 11.0 Å². The number of aldehydes is 1. The van der Waals surface area contributed by atoms with E-state index in [2.05, 4.69) is 0 Å². The Morgan fingerprint density at radius 3 is 3.00 bits per heavy atom. The topological polar surface area (TPSA) is 30.2 Å². The van der Waals surface area contributed by atoms with Crippen LogP contribution in [0.5, 0.6) is 0 Å². The van der Waals surface area contributed by atoms with Crippen LogP contribution in [0.15, 0.2) is 34.7 Å². The Hall–Kier alpha value is -1.57. The smallest absolute Gasteiger partial charge is 0.185 e. The van der Waals surface area contributed by atoms with Crippen molar-refractivity contribution in [2.75, 3.05) is 0 Å². The Balaban J connectivity index is 2.70. The van der Waals surface area contributed by atoms with Gasteiger partial charge < -0.3 is 4.42 Å². The average molecular weight is 147 g/mol. The van der Waals surface area contributed by atoms with Gasteiger partial charge in [-0.25, -0.2) is 0 Å². The molecule has 0 saturated heterocycles. The molecule has 2 heteroatoms. The molecule has 2 aromatic rings. The molecular formula is C9H6O2. The lowest BCUT2D eigenvalue weighted by molar-refractivity contribution is 0.110. The molecule has 0 unspecified atom stereocenters. The second-order valence-electron chi connectivity index (χ2n) is 2.25. The van der Waals surface area contributed by atoms with E-state index in [0.717, 1.165) is 5.39 Å². The molecule has 2 rings (SSSR count). The number of para-hydroxylation sites is 1. The largest absolute Gasteiger partial charge is 0.453 e. The van der Waals surface area contributed by atoms with E-state index < -0.39 is 6.26 Å². The minimum absolute atomic E-state index is 0.0937. The number of carbonyl (C=O) groups is 1. The van der Waals surface area contributed by atoms with E-state index in [9.17, 15) is 4.79 Å². The van der Waals surface area contributed by atoms with E-state index in [1.807, 2.05) is 18.2 Å². The molecule has 0 atom stereocenters. The summed E-state index contributed by atoms with van der Waals surface area (Å²) in [5, 5.41) is 0.855. The van der Waals surface area contributed by atoms with Gasteiger partial charge in [-0.15, -0.1) is 0 Å². The Labute approximate surface area is 64.8 Å². The summed E-state index contributed by atoms with van der Waals surface area (Å²) in [4.78, 5) is 10.6. The summed E-state index contributed by atoms with van der Waals surface area (Å²) in [6.07, 6.45) is -0.786. The van der Waals surface area contributed by atoms with Crippen molar-refractivity contribution < 1.29 is 10.6 Å². The third kappa shape index (κ3) is 0.923. The number of rotatable bonds is 1. The number of benzene rings is 1. The maximum atomic E-state index is 10.6. The van der Waals surface area contributed by atoms with E-state index in [-0.39, 0.29) is 5.76 Å². The predicted molar refractivity (Wildman–Crippen MR) is 41.6 cm³/mol. The summed E-state index contributed by atoms with van der Waals surface area (Å²) in [6.45, 7) is 0. The molecule has 0 radical (unpaired) electrons. The molecule has 0 saturated carbocycles. The monoisotopic (exact) mass is 147 g/mol. The number of carbonyl (C=O) groups excluding carboxylic acids is 1. The zero-order valence-electron chi connectivity index (χ0n) is 6.70. The molecule has 11 heavy (non-hydrogen) atoms. The van der Waals surface area contributed by atoms with Crippen LogP contribution in [0.3, 0.4) is 0 Å². The van der Waals surface area contributed by atoms with Gasteiger partial charge in [0.05, 0.1) is 0 Å². The molecule has 1 aromatic carbocycles. The number of hydrogen-bond donors (Lipinski definition) is 0. The maximum absolute atomic E-state index is 10.6. The Morgan fingerprint density at radius 2 is 2.27 bits per heavy atom. The Morgan fingerprint density at radius 1 is 1.45 bits per heavy atom. The van der Waals surface area contributed by atoms with Gasteiger partial charge in [0.15, 0.2) is 12.0 Å². The fourth-order valence-electron chi connectivity index (χ4n) is 1.03. The zero-order chi connectivity index (χ0) is 8.55. The summed E-state index contributed by atoms with van der Waals surface area (Å²) in [5.74, 6) is 0.0937. The first-order valence-electron chi connectivity index (χ1n) is 3.77. The van der Waals surface area contributed by atoms with E-state index in [1.165, 1.54) is 0 Å². The molecule has 1 heterocycles. The van der Waals surface area contributed by atoms with Crippen molar-refractivity contribution in [2.45, 2.75) is 0 Å². The first-order valence-corrected chi connectivity index (χ1v) is 3.27. The van der Waals surface area contributed by atoms with E-state index in [4.69, 9.17) is 5.79 Å². The molecule has 54 valence electrons. The highest BCUT2D eigenvalue weighted by atomic mass is 16.3. The van der Waals surface area contributed by atoms with Gasteiger partial charge in [0.25, 0.3) is 0 Å². The van der Waals surface area contributed by atoms with Crippen molar-refractivity contribution >= 4 is 17.2 Å². The molecular weight excluding hydrogens is 140 g/mol. The molecule has 0 spiro atoms.